The SMILES string of the molecule is O=C(Nc1cccc(Cl)c1)N1CCN(c2ccc(Cl)cc2[N+](=O)[O-])CC1. The van der Waals surface area contributed by atoms with Crippen molar-refractivity contribution < 1.29 is 9.72 Å². The summed E-state index contributed by atoms with van der Waals surface area (Å²) in [5.74, 6) is 0. The highest BCUT2D eigenvalue weighted by molar-refractivity contribution is 6.31. The topological polar surface area (TPSA) is 78.7 Å². The second-order valence-corrected chi connectivity index (χ2v) is 6.68. The van der Waals surface area contributed by atoms with Crippen LogP contribution < -0.4 is 10.2 Å². The summed E-state index contributed by atoms with van der Waals surface area (Å²) in [6, 6.07) is 11.3. The van der Waals surface area contributed by atoms with Gasteiger partial charge in [-0.2, -0.15) is 0 Å². The van der Waals surface area contributed by atoms with Crippen LogP contribution in [-0.2, 0) is 0 Å². The van der Waals surface area contributed by atoms with Crippen LogP contribution in [0.4, 0.5) is 21.9 Å². The number of anilines is 2. The van der Waals surface area contributed by atoms with Gasteiger partial charge in [0.25, 0.3) is 5.69 Å². The number of carbonyl (C=O) groups excluding carboxylic acids is 1. The van der Waals surface area contributed by atoms with Gasteiger partial charge in [-0.1, -0.05) is 29.3 Å². The minimum absolute atomic E-state index is 0.0330. The van der Waals surface area contributed by atoms with Crippen molar-refractivity contribution in [2.45, 2.75) is 0 Å². The average molecular weight is 395 g/mol. The third-order valence-electron chi connectivity index (χ3n) is 4.12. The zero-order chi connectivity index (χ0) is 18.7. The van der Waals surface area contributed by atoms with Crippen molar-refractivity contribution in [2.24, 2.45) is 0 Å². The molecule has 0 aliphatic carbocycles. The van der Waals surface area contributed by atoms with Gasteiger partial charge in [-0.25, -0.2) is 4.79 Å². The summed E-state index contributed by atoms with van der Waals surface area (Å²) < 4.78 is 0. The zero-order valence-electron chi connectivity index (χ0n) is 13.7. The van der Waals surface area contributed by atoms with E-state index in [1.165, 1.54) is 6.07 Å². The first-order chi connectivity index (χ1) is 12.4. The molecule has 2 aromatic carbocycles. The number of nitrogens with zero attached hydrogens (tertiary/aromatic N) is 3. The number of piperazine rings is 1. The molecule has 0 spiro atoms. The van der Waals surface area contributed by atoms with Crippen LogP contribution in [0, 0.1) is 10.1 Å². The molecule has 1 fully saturated rings. The summed E-state index contributed by atoms with van der Waals surface area (Å²) in [7, 11) is 0. The fourth-order valence-corrected chi connectivity index (χ4v) is 3.19. The number of rotatable bonds is 3. The van der Waals surface area contributed by atoms with Crippen LogP contribution >= 0.6 is 23.2 Å². The molecule has 2 aromatic rings. The Kier molecular flexibility index (Phi) is 5.49. The number of hydrogen-bond donors (Lipinski definition) is 1. The highest BCUT2D eigenvalue weighted by atomic mass is 35.5. The first-order valence-corrected chi connectivity index (χ1v) is 8.70. The van der Waals surface area contributed by atoms with Crippen molar-refractivity contribution in [3.8, 4) is 0 Å². The van der Waals surface area contributed by atoms with Crippen LogP contribution in [0.15, 0.2) is 42.5 Å². The van der Waals surface area contributed by atoms with E-state index < -0.39 is 4.92 Å². The Hall–Kier alpha value is -2.51. The highest BCUT2D eigenvalue weighted by Crippen LogP contribution is 2.31. The van der Waals surface area contributed by atoms with Gasteiger partial charge in [-0.05, 0) is 30.3 Å². The Morgan fingerprint density at radius 1 is 1.04 bits per heavy atom. The smallest absolute Gasteiger partial charge is 0.321 e. The molecule has 0 atom stereocenters. The summed E-state index contributed by atoms with van der Waals surface area (Å²) >= 11 is 11.8. The predicted molar refractivity (Wildman–Crippen MR) is 102 cm³/mol. The number of hydrogen-bond acceptors (Lipinski definition) is 4. The number of nitro benzene ring substituents is 1. The molecule has 0 radical (unpaired) electrons. The molecule has 136 valence electrons. The van der Waals surface area contributed by atoms with Crippen LogP contribution in [0.5, 0.6) is 0 Å². The molecule has 7 nitrogen and oxygen atoms in total. The van der Waals surface area contributed by atoms with Crippen LogP contribution in [0.3, 0.4) is 0 Å². The Bertz CT molecular complexity index is 839. The van der Waals surface area contributed by atoms with Gasteiger partial charge in [0.05, 0.1) is 4.92 Å². The van der Waals surface area contributed by atoms with Crippen LogP contribution in [-0.4, -0.2) is 42.0 Å². The lowest BCUT2D eigenvalue weighted by Crippen LogP contribution is -2.50. The van der Waals surface area contributed by atoms with Gasteiger partial charge in [0.2, 0.25) is 0 Å². The molecule has 0 aromatic heterocycles. The molecule has 3 rings (SSSR count). The number of amides is 2. The Morgan fingerprint density at radius 3 is 2.38 bits per heavy atom. The molecule has 9 heteroatoms. The number of nitrogens with one attached hydrogen (secondary N) is 1. The molecule has 0 saturated carbocycles. The maximum atomic E-state index is 12.4. The Labute approximate surface area is 160 Å². The zero-order valence-corrected chi connectivity index (χ0v) is 15.2. The molecular weight excluding hydrogens is 379 g/mol. The molecule has 1 aliphatic rings. The minimum atomic E-state index is -0.445. The molecule has 2 amide bonds. The maximum Gasteiger partial charge on any atom is 0.321 e. The first-order valence-electron chi connectivity index (χ1n) is 7.94. The lowest BCUT2D eigenvalue weighted by molar-refractivity contribution is -0.384. The first kappa shape index (κ1) is 18.3. The standard InChI is InChI=1S/C17H16Cl2N4O3/c18-12-2-1-3-14(10-12)20-17(24)22-8-6-21(7-9-22)15-5-4-13(19)11-16(15)23(25)26/h1-5,10-11H,6-9H2,(H,20,24). The van der Waals surface area contributed by atoms with Crippen molar-refractivity contribution >= 4 is 46.3 Å². The summed E-state index contributed by atoms with van der Waals surface area (Å²) in [6.07, 6.45) is 0. The number of halogens is 2. The fraction of sp³-hybridized carbons (Fsp3) is 0.235. The second kappa shape index (κ2) is 7.80. The fourth-order valence-electron chi connectivity index (χ4n) is 2.83. The monoisotopic (exact) mass is 394 g/mol. The van der Waals surface area contributed by atoms with Crippen LogP contribution in [0.25, 0.3) is 0 Å². The Morgan fingerprint density at radius 2 is 1.73 bits per heavy atom. The van der Waals surface area contributed by atoms with Gasteiger partial charge in [0.1, 0.15) is 5.69 Å². The minimum Gasteiger partial charge on any atom is -0.362 e. The van der Waals surface area contributed by atoms with Gasteiger partial charge < -0.3 is 15.1 Å². The van der Waals surface area contributed by atoms with E-state index in [2.05, 4.69) is 5.32 Å². The number of carbonyl (C=O) groups is 1. The summed E-state index contributed by atoms with van der Waals surface area (Å²) in [6.45, 7) is 1.88. The number of urea groups is 1. The molecular formula is C17H16Cl2N4O3. The van der Waals surface area contributed by atoms with Crippen molar-refractivity contribution in [2.75, 3.05) is 36.4 Å². The third kappa shape index (κ3) is 4.17. The molecule has 1 saturated heterocycles. The maximum absolute atomic E-state index is 12.4. The van der Waals surface area contributed by atoms with Gasteiger partial charge in [-0.15, -0.1) is 0 Å². The van der Waals surface area contributed by atoms with E-state index in [0.717, 1.165) is 0 Å². The molecule has 26 heavy (non-hydrogen) atoms. The molecule has 1 N–H and O–H groups in total. The molecule has 0 bridgehead atoms. The number of benzene rings is 2. The molecule has 1 aliphatic heterocycles. The summed E-state index contributed by atoms with van der Waals surface area (Å²) in [5.41, 5.74) is 1.10. The van der Waals surface area contributed by atoms with Gasteiger partial charge in [0.15, 0.2) is 0 Å². The average Bonchev–Trinajstić information content (AvgIpc) is 2.62. The van der Waals surface area contributed by atoms with Crippen molar-refractivity contribution in [3.63, 3.8) is 0 Å². The summed E-state index contributed by atoms with van der Waals surface area (Å²) in [4.78, 5) is 26.7. The predicted octanol–water partition coefficient (Wildman–Crippen LogP) is 4.26. The lowest BCUT2D eigenvalue weighted by atomic mass is 10.2. The quantitative estimate of drug-likeness (QED) is 0.622. The van der Waals surface area contributed by atoms with Gasteiger partial charge in [0, 0.05) is 48.0 Å². The van der Waals surface area contributed by atoms with Gasteiger partial charge in [-0.3, -0.25) is 10.1 Å². The van der Waals surface area contributed by atoms with E-state index in [1.54, 1.807) is 41.3 Å². The third-order valence-corrected chi connectivity index (χ3v) is 4.59. The van der Waals surface area contributed by atoms with E-state index in [-0.39, 0.29) is 11.7 Å². The molecule has 1 heterocycles. The normalized spacial score (nSPS) is 14.2. The van der Waals surface area contributed by atoms with Crippen LogP contribution in [0.2, 0.25) is 10.0 Å². The highest BCUT2D eigenvalue weighted by Gasteiger charge is 2.26. The van der Waals surface area contributed by atoms with Crippen molar-refractivity contribution in [1.29, 1.82) is 0 Å². The summed E-state index contributed by atoms with van der Waals surface area (Å²) in [5, 5.41) is 14.9. The van der Waals surface area contributed by atoms with E-state index in [1.807, 2.05) is 4.90 Å². The molecule has 0 unspecified atom stereocenters. The number of nitro groups is 1. The van der Waals surface area contributed by atoms with E-state index >= 15 is 0 Å². The van der Waals surface area contributed by atoms with Gasteiger partial charge >= 0.3 is 6.03 Å². The van der Waals surface area contributed by atoms with E-state index in [0.29, 0.717) is 47.6 Å². The lowest BCUT2D eigenvalue weighted by Gasteiger charge is -2.35. The van der Waals surface area contributed by atoms with Crippen molar-refractivity contribution in [3.05, 3.63) is 62.6 Å². The van der Waals surface area contributed by atoms with Crippen LogP contribution in [0.1, 0.15) is 0 Å². The van der Waals surface area contributed by atoms with Crippen molar-refractivity contribution in [1.82, 2.24) is 4.90 Å². The Balaban J connectivity index is 1.64. The largest absolute Gasteiger partial charge is 0.362 e. The van der Waals surface area contributed by atoms with E-state index in [9.17, 15) is 14.9 Å². The van der Waals surface area contributed by atoms with E-state index in [4.69, 9.17) is 23.2 Å². The second-order valence-electron chi connectivity index (χ2n) is 5.80.